The number of hydrogen-bond donors (Lipinski definition) is 2. The molecule has 1 aromatic heterocycles. The number of halogens is 1. The second-order valence-electron chi connectivity index (χ2n) is 5.99. The predicted octanol–water partition coefficient (Wildman–Crippen LogP) is 3.76. The maximum Gasteiger partial charge on any atom is 0.230 e. The van der Waals surface area contributed by atoms with Crippen molar-refractivity contribution < 1.29 is 13.9 Å². The van der Waals surface area contributed by atoms with Crippen LogP contribution in [0.2, 0.25) is 0 Å². The first kappa shape index (κ1) is 20.0. The SMILES string of the molecule is COCCCNC(=O)CSc1nc(Nc2ccc(F)cc2)c2ccccc2n1. The van der Waals surface area contributed by atoms with Crippen LogP contribution in [0.4, 0.5) is 15.9 Å². The van der Waals surface area contributed by atoms with Gasteiger partial charge < -0.3 is 15.4 Å². The number of aromatic nitrogens is 2. The number of hydrogen-bond acceptors (Lipinski definition) is 6. The molecule has 28 heavy (non-hydrogen) atoms. The zero-order chi connectivity index (χ0) is 19.8. The van der Waals surface area contributed by atoms with E-state index in [1.54, 1.807) is 19.2 Å². The number of benzene rings is 2. The lowest BCUT2D eigenvalue weighted by Gasteiger charge is -2.11. The summed E-state index contributed by atoms with van der Waals surface area (Å²) in [6.45, 7) is 1.18. The Morgan fingerprint density at radius 1 is 1.14 bits per heavy atom. The molecule has 0 aliphatic carbocycles. The number of carbonyl (C=O) groups excluding carboxylic acids is 1. The molecule has 6 nitrogen and oxygen atoms in total. The molecule has 0 atom stereocenters. The van der Waals surface area contributed by atoms with E-state index in [9.17, 15) is 9.18 Å². The van der Waals surface area contributed by atoms with E-state index in [0.717, 1.165) is 23.0 Å². The normalized spacial score (nSPS) is 10.8. The van der Waals surface area contributed by atoms with Gasteiger partial charge in [0.2, 0.25) is 5.91 Å². The zero-order valence-electron chi connectivity index (χ0n) is 15.4. The van der Waals surface area contributed by atoms with Crippen molar-refractivity contribution in [2.45, 2.75) is 11.6 Å². The van der Waals surface area contributed by atoms with Crippen LogP contribution in [0.3, 0.4) is 0 Å². The highest BCUT2D eigenvalue weighted by atomic mass is 32.2. The van der Waals surface area contributed by atoms with E-state index in [1.165, 1.54) is 23.9 Å². The van der Waals surface area contributed by atoms with Gasteiger partial charge in [0.05, 0.1) is 11.3 Å². The highest BCUT2D eigenvalue weighted by Crippen LogP contribution is 2.26. The Kier molecular flexibility index (Phi) is 7.16. The van der Waals surface area contributed by atoms with Crippen LogP contribution in [-0.2, 0) is 9.53 Å². The van der Waals surface area contributed by atoms with E-state index in [-0.39, 0.29) is 17.5 Å². The van der Waals surface area contributed by atoms with Gasteiger partial charge >= 0.3 is 0 Å². The largest absolute Gasteiger partial charge is 0.385 e. The molecule has 2 aromatic carbocycles. The van der Waals surface area contributed by atoms with E-state index in [1.807, 2.05) is 24.3 Å². The number of fused-ring (bicyclic) bond motifs is 1. The molecular formula is C20H21FN4O2S. The Morgan fingerprint density at radius 2 is 1.93 bits per heavy atom. The van der Waals surface area contributed by atoms with Gasteiger partial charge in [-0.2, -0.15) is 0 Å². The topological polar surface area (TPSA) is 76.1 Å². The summed E-state index contributed by atoms with van der Waals surface area (Å²) in [6.07, 6.45) is 0.769. The molecule has 0 saturated carbocycles. The van der Waals surface area contributed by atoms with E-state index in [2.05, 4.69) is 20.6 Å². The van der Waals surface area contributed by atoms with Crippen molar-refractivity contribution in [3.8, 4) is 0 Å². The van der Waals surface area contributed by atoms with Crippen LogP contribution in [0.5, 0.6) is 0 Å². The Balaban J connectivity index is 1.72. The number of amides is 1. The Labute approximate surface area is 166 Å². The molecule has 0 saturated heterocycles. The zero-order valence-corrected chi connectivity index (χ0v) is 16.3. The first-order valence-electron chi connectivity index (χ1n) is 8.83. The fourth-order valence-corrected chi connectivity index (χ4v) is 3.19. The van der Waals surface area contributed by atoms with E-state index < -0.39 is 0 Å². The van der Waals surface area contributed by atoms with Crippen LogP contribution >= 0.6 is 11.8 Å². The third kappa shape index (κ3) is 5.64. The summed E-state index contributed by atoms with van der Waals surface area (Å²) in [5, 5.41) is 7.39. The summed E-state index contributed by atoms with van der Waals surface area (Å²) in [5.74, 6) is 0.457. The minimum atomic E-state index is -0.300. The van der Waals surface area contributed by atoms with Crippen molar-refractivity contribution in [2.75, 3.05) is 31.3 Å². The number of nitrogens with zero attached hydrogens (tertiary/aromatic N) is 2. The minimum Gasteiger partial charge on any atom is -0.385 e. The second-order valence-corrected chi connectivity index (χ2v) is 6.93. The number of carbonyl (C=O) groups is 1. The van der Waals surface area contributed by atoms with Crippen LogP contribution in [0.1, 0.15) is 6.42 Å². The van der Waals surface area contributed by atoms with Gasteiger partial charge in [-0.25, -0.2) is 14.4 Å². The summed E-state index contributed by atoms with van der Waals surface area (Å²) in [6, 6.07) is 13.7. The van der Waals surface area contributed by atoms with Gasteiger partial charge in [0.15, 0.2) is 5.16 Å². The van der Waals surface area contributed by atoms with Gasteiger partial charge in [-0.05, 0) is 42.8 Å². The molecule has 8 heteroatoms. The highest BCUT2D eigenvalue weighted by Gasteiger charge is 2.10. The van der Waals surface area contributed by atoms with Crippen molar-refractivity contribution >= 4 is 40.1 Å². The number of thioether (sulfide) groups is 1. The van der Waals surface area contributed by atoms with Crippen molar-refractivity contribution in [3.05, 3.63) is 54.3 Å². The Bertz CT molecular complexity index is 937. The lowest BCUT2D eigenvalue weighted by atomic mass is 10.2. The van der Waals surface area contributed by atoms with Crippen LogP contribution in [0.15, 0.2) is 53.7 Å². The smallest absolute Gasteiger partial charge is 0.230 e. The Hall–Kier alpha value is -2.71. The Morgan fingerprint density at radius 3 is 2.71 bits per heavy atom. The number of para-hydroxylation sites is 1. The van der Waals surface area contributed by atoms with Gasteiger partial charge in [-0.15, -0.1) is 0 Å². The average Bonchev–Trinajstić information content (AvgIpc) is 2.71. The first-order valence-corrected chi connectivity index (χ1v) is 9.82. The maximum absolute atomic E-state index is 13.1. The van der Waals surface area contributed by atoms with Crippen molar-refractivity contribution in [3.63, 3.8) is 0 Å². The third-order valence-corrected chi connectivity index (χ3v) is 4.72. The van der Waals surface area contributed by atoms with Crippen molar-refractivity contribution in [2.24, 2.45) is 0 Å². The molecule has 146 valence electrons. The van der Waals surface area contributed by atoms with E-state index in [4.69, 9.17) is 4.74 Å². The molecule has 0 aliphatic heterocycles. The third-order valence-electron chi connectivity index (χ3n) is 3.87. The summed E-state index contributed by atoms with van der Waals surface area (Å²) in [5.41, 5.74) is 1.49. The van der Waals surface area contributed by atoms with Gasteiger partial charge in [-0.3, -0.25) is 4.79 Å². The average molecular weight is 400 g/mol. The second kappa shape index (κ2) is 10.0. The molecule has 1 amide bonds. The van der Waals surface area contributed by atoms with Gasteiger partial charge in [-0.1, -0.05) is 23.9 Å². The molecule has 0 spiro atoms. The molecule has 1 heterocycles. The molecular weight excluding hydrogens is 379 g/mol. The molecule has 3 aromatic rings. The van der Waals surface area contributed by atoms with Crippen LogP contribution < -0.4 is 10.6 Å². The number of methoxy groups -OCH3 is 1. The molecule has 0 aliphatic rings. The molecule has 0 radical (unpaired) electrons. The summed E-state index contributed by atoms with van der Waals surface area (Å²) < 4.78 is 18.1. The number of nitrogens with one attached hydrogen (secondary N) is 2. The van der Waals surface area contributed by atoms with E-state index >= 15 is 0 Å². The lowest BCUT2D eigenvalue weighted by molar-refractivity contribution is -0.118. The summed E-state index contributed by atoms with van der Waals surface area (Å²) >= 11 is 1.27. The maximum atomic E-state index is 13.1. The van der Waals surface area contributed by atoms with Crippen LogP contribution in [0.25, 0.3) is 10.9 Å². The van der Waals surface area contributed by atoms with Crippen molar-refractivity contribution in [1.29, 1.82) is 0 Å². The monoisotopic (exact) mass is 400 g/mol. The fraction of sp³-hybridized carbons (Fsp3) is 0.250. The van der Waals surface area contributed by atoms with Crippen LogP contribution in [0, 0.1) is 5.82 Å². The highest BCUT2D eigenvalue weighted by molar-refractivity contribution is 7.99. The van der Waals surface area contributed by atoms with Gasteiger partial charge in [0.1, 0.15) is 11.6 Å². The van der Waals surface area contributed by atoms with E-state index in [0.29, 0.717) is 24.1 Å². The molecule has 0 fully saturated rings. The first-order chi connectivity index (χ1) is 13.7. The fourth-order valence-electron chi connectivity index (χ4n) is 2.51. The van der Waals surface area contributed by atoms with Gasteiger partial charge in [0, 0.05) is 31.3 Å². The molecule has 0 unspecified atom stereocenters. The molecule has 3 rings (SSSR count). The van der Waals surface area contributed by atoms with Crippen molar-refractivity contribution in [1.82, 2.24) is 15.3 Å². The predicted molar refractivity (Wildman–Crippen MR) is 109 cm³/mol. The summed E-state index contributed by atoms with van der Waals surface area (Å²) in [4.78, 5) is 21.0. The standard InChI is InChI=1S/C20H21FN4O2S/c1-27-12-4-11-22-18(26)13-28-20-24-17-6-3-2-5-16(17)19(25-20)23-15-9-7-14(21)8-10-15/h2-3,5-10H,4,11-13H2,1H3,(H,22,26)(H,23,24,25). The minimum absolute atomic E-state index is 0.0779. The lowest BCUT2D eigenvalue weighted by Crippen LogP contribution is -2.26. The van der Waals surface area contributed by atoms with Gasteiger partial charge in [0.25, 0.3) is 0 Å². The van der Waals surface area contributed by atoms with Crippen LogP contribution in [-0.4, -0.2) is 41.9 Å². The quantitative estimate of drug-likeness (QED) is 0.324. The molecule has 0 bridgehead atoms. The summed E-state index contributed by atoms with van der Waals surface area (Å²) in [7, 11) is 1.63. The number of anilines is 2. The molecule has 2 N–H and O–H groups in total. The number of rotatable bonds is 9. The number of ether oxygens (including phenoxy) is 1.